The van der Waals surface area contributed by atoms with E-state index in [1.165, 1.54) is 15.9 Å². The number of benzene rings is 2. The van der Waals surface area contributed by atoms with Crippen molar-refractivity contribution in [2.45, 2.75) is 98.4 Å². The first-order valence-corrected chi connectivity index (χ1v) is 23.7. The van der Waals surface area contributed by atoms with Gasteiger partial charge < -0.3 is 34.1 Å². The molecule has 0 spiro atoms. The number of rotatable bonds is 11. The van der Waals surface area contributed by atoms with Crippen molar-refractivity contribution < 1.29 is 38.2 Å². The summed E-state index contributed by atoms with van der Waals surface area (Å²) < 4.78 is 14.3. The third-order valence-corrected chi connectivity index (χ3v) is 13.8. The molecule has 3 aliphatic heterocycles. The number of hydrogen-bond acceptors (Lipinski definition) is 9. The van der Waals surface area contributed by atoms with E-state index in [4.69, 9.17) is 14.5 Å². The van der Waals surface area contributed by atoms with E-state index in [0.29, 0.717) is 51.6 Å². The Kier molecular flexibility index (Phi) is 15.1. The van der Waals surface area contributed by atoms with E-state index in [1.807, 2.05) is 39.0 Å². The molecular weight excluding hydrogens is 849 g/mol. The summed E-state index contributed by atoms with van der Waals surface area (Å²) in [5.41, 5.74) is 7.35. The monoisotopic (exact) mass is 914 g/mol. The smallest absolute Gasteiger partial charge is 0.310 e. The third-order valence-electron chi connectivity index (χ3n) is 13.8. The Bertz CT molecular complexity index is 2540. The lowest BCUT2D eigenvalue weighted by atomic mass is 9.84. The molecular formula is C53H66N6O8. The summed E-state index contributed by atoms with van der Waals surface area (Å²) in [6.45, 7) is 14.1. The highest BCUT2D eigenvalue weighted by atomic mass is 16.5. The van der Waals surface area contributed by atoms with Gasteiger partial charge in [0.25, 0.3) is 0 Å². The van der Waals surface area contributed by atoms with Crippen LogP contribution in [0.2, 0.25) is 0 Å². The molecule has 5 atom stereocenters. The van der Waals surface area contributed by atoms with Gasteiger partial charge in [0.2, 0.25) is 23.6 Å². The minimum absolute atomic E-state index is 0.158. The van der Waals surface area contributed by atoms with E-state index in [9.17, 15) is 28.8 Å². The molecule has 6 bridgehead atoms. The van der Waals surface area contributed by atoms with Crippen molar-refractivity contribution in [3.05, 3.63) is 89.8 Å². The van der Waals surface area contributed by atoms with Crippen molar-refractivity contribution in [3.8, 4) is 22.4 Å². The third kappa shape index (κ3) is 10.5. The molecule has 4 aromatic rings. The predicted molar refractivity (Wildman–Crippen MR) is 256 cm³/mol. The lowest BCUT2D eigenvalue weighted by Gasteiger charge is -2.36. The highest BCUT2D eigenvalue weighted by molar-refractivity contribution is 5.96. The average molecular weight is 915 g/mol. The van der Waals surface area contributed by atoms with Gasteiger partial charge in [0.05, 0.1) is 35.9 Å². The molecule has 2 saturated heterocycles. The largest absolute Gasteiger partial charge is 0.465 e. The molecule has 3 aliphatic rings. The number of methoxy groups -OCH3 is 1. The summed E-state index contributed by atoms with van der Waals surface area (Å²) in [7, 11) is 3.28. The fourth-order valence-electron chi connectivity index (χ4n) is 10.3. The number of ether oxygens (including phenoxy) is 2. The van der Waals surface area contributed by atoms with E-state index in [-0.39, 0.29) is 61.8 Å². The predicted octanol–water partition coefficient (Wildman–Crippen LogP) is 6.58. The molecule has 2 aromatic carbocycles. The standard InChI is InChI=1S/C53H66N6O8/c1-9-59-44-20-19-37-28-41(44)42(48(59)40-17-11-22-54-46(40)34(4)66-8)29-53(5,6)32-67-52(65)39-16-12-23-58(31-39)51(64)43(27-35-14-10-15-36(37)26-35)55-49(62)47(33(2)3)56(7)50(63)38-21-24-57(30-38)45(61)18-13-25-60/h10-11,13-15,17-20,22,25-26,28,33-34,38-39,43,47H,9,12,16,21,23-24,27,29-32H2,1-8H3,(H,55,62)/b18-13+. The number of esters is 1. The minimum atomic E-state index is -1.01. The zero-order chi connectivity index (χ0) is 48.2. The van der Waals surface area contributed by atoms with Crippen LogP contribution in [0, 0.1) is 23.2 Å². The number of amides is 4. The van der Waals surface area contributed by atoms with Crippen LogP contribution in [0.1, 0.15) is 83.7 Å². The summed E-state index contributed by atoms with van der Waals surface area (Å²) >= 11 is 0. The van der Waals surface area contributed by atoms with E-state index in [0.717, 1.165) is 56.2 Å². The number of aryl methyl sites for hydroxylation is 1. The fourth-order valence-corrected chi connectivity index (χ4v) is 10.3. The zero-order valence-electron chi connectivity index (χ0n) is 40.2. The lowest BCUT2D eigenvalue weighted by molar-refractivity contribution is -0.155. The summed E-state index contributed by atoms with van der Waals surface area (Å²) in [5, 5.41) is 4.16. The van der Waals surface area contributed by atoms with Gasteiger partial charge in [-0.05, 0) is 98.0 Å². The molecule has 67 heavy (non-hydrogen) atoms. The number of carbonyl (C=O) groups excluding carboxylic acids is 6. The Morgan fingerprint density at radius 1 is 1.01 bits per heavy atom. The quantitative estimate of drug-likeness (QED) is 0.0997. The van der Waals surface area contributed by atoms with Crippen molar-refractivity contribution in [1.29, 1.82) is 0 Å². The number of pyridine rings is 1. The number of likely N-dealkylation sites (N-methyl/N-ethyl adjacent to an activating group) is 1. The normalized spacial score (nSPS) is 20.9. The maximum atomic E-state index is 14.8. The Hall–Kier alpha value is -6.15. The number of nitrogens with one attached hydrogen (secondary N) is 1. The van der Waals surface area contributed by atoms with Crippen molar-refractivity contribution >= 4 is 46.8 Å². The van der Waals surface area contributed by atoms with Gasteiger partial charge >= 0.3 is 5.97 Å². The highest BCUT2D eigenvalue weighted by Crippen LogP contribution is 2.42. The van der Waals surface area contributed by atoms with Crippen molar-refractivity contribution in [3.63, 3.8) is 0 Å². The first-order chi connectivity index (χ1) is 32.0. The van der Waals surface area contributed by atoms with E-state index < -0.39 is 35.2 Å². The fraction of sp³-hybridized carbons (Fsp3) is 0.491. The summed E-state index contributed by atoms with van der Waals surface area (Å²) in [5.74, 6) is -3.15. The SMILES string of the molecule is CCn1c(-c2cccnc2C(C)OC)c2c3cc(ccc31)-c1cccc(c1)CC(NC(=O)C(C(C)C)N(C)C(=O)C1CCN(C(=O)/C=C/C=O)C1)C(=O)N1CCCC(C1)C(=O)OCC(C)(C)C2. The van der Waals surface area contributed by atoms with Gasteiger partial charge in [0.1, 0.15) is 18.4 Å². The maximum Gasteiger partial charge on any atom is 0.310 e. The second kappa shape index (κ2) is 20.8. The van der Waals surface area contributed by atoms with Gasteiger partial charge in [-0.2, -0.15) is 0 Å². The molecule has 0 aliphatic carbocycles. The van der Waals surface area contributed by atoms with Gasteiger partial charge in [-0.25, -0.2) is 0 Å². The molecule has 0 saturated carbocycles. The first-order valence-electron chi connectivity index (χ1n) is 23.7. The van der Waals surface area contributed by atoms with Crippen molar-refractivity contribution in [1.82, 2.24) is 29.6 Å². The number of allylic oxidation sites excluding steroid dienone is 1. The van der Waals surface area contributed by atoms with E-state index >= 15 is 0 Å². The van der Waals surface area contributed by atoms with Gasteiger partial charge in [-0.15, -0.1) is 0 Å². The summed E-state index contributed by atoms with van der Waals surface area (Å²) in [6.07, 6.45) is 6.74. The number of cyclic esters (lactones) is 1. The number of aldehydes is 1. The second-order valence-electron chi connectivity index (χ2n) is 19.6. The van der Waals surface area contributed by atoms with Gasteiger partial charge in [0.15, 0.2) is 0 Å². The number of hydrogen-bond donors (Lipinski definition) is 1. The molecule has 14 nitrogen and oxygen atoms in total. The summed E-state index contributed by atoms with van der Waals surface area (Å²) in [4.78, 5) is 90.1. The molecule has 2 aromatic heterocycles. The number of aromatic nitrogens is 2. The Labute approximate surface area is 394 Å². The van der Waals surface area contributed by atoms with Crippen LogP contribution in [-0.4, -0.2) is 119 Å². The van der Waals surface area contributed by atoms with Gasteiger partial charge in [-0.3, -0.25) is 33.8 Å². The number of nitrogens with zero attached hydrogens (tertiary/aromatic N) is 5. The van der Waals surface area contributed by atoms with Crippen molar-refractivity contribution in [2.24, 2.45) is 23.2 Å². The van der Waals surface area contributed by atoms with E-state index in [1.54, 1.807) is 25.3 Å². The maximum absolute atomic E-state index is 14.8. The van der Waals surface area contributed by atoms with Gasteiger partial charge in [0, 0.05) is 87.5 Å². The molecule has 0 radical (unpaired) electrons. The minimum Gasteiger partial charge on any atom is -0.465 e. The summed E-state index contributed by atoms with van der Waals surface area (Å²) in [6, 6.07) is 16.7. The Balaban J connectivity index is 1.27. The number of likely N-dealkylation sites (tertiary alicyclic amines) is 1. The molecule has 14 heteroatoms. The van der Waals surface area contributed by atoms with Crippen LogP contribution in [0.4, 0.5) is 0 Å². The molecule has 7 rings (SSSR count). The highest BCUT2D eigenvalue weighted by Gasteiger charge is 2.40. The molecule has 356 valence electrons. The topological polar surface area (TPSA) is 160 Å². The zero-order valence-corrected chi connectivity index (χ0v) is 40.2. The first kappa shape index (κ1) is 48.8. The molecule has 5 heterocycles. The van der Waals surface area contributed by atoms with Crippen LogP contribution in [0.15, 0.2) is 72.9 Å². The number of carbonyl (C=O) groups is 6. The van der Waals surface area contributed by atoms with Gasteiger partial charge in [-0.1, -0.05) is 58.0 Å². The van der Waals surface area contributed by atoms with Crippen LogP contribution in [0.5, 0.6) is 0 Å². The van der Waals surface area contributed by atoms with Crippen LogP contribution in [0.25, 0.3) is 33.3 Å². The van der Waals surface area contributed by atoms with Crippen LogP contribution < -0.4 is 5.32 Å². The Morgan fingerprint density at radius 2 is 1.79 bits per heavy atom. The van der Waals surface area contributed by atoms with E-state index in [2.05, 4.69) is 67.1 Å². The lowest BCUT2D eigenvalue weighted by Crippen LogP contribution is -2.58. The second-order valence-corrected chi connectivity index (χ2v) is 19.6. The average Bonchev–Trinajstić information content (AvgIpc) is 3.94. The number of piperidine rings is 1. The molecule has 1 N–H and O–H groups in total. The molecule has 2 fully saturated rings. The van der Waals surface area contributed by atoms with Crippen LogP contribution >= 0.6 is 0 Å². The van der Waals surface area contributed by atoms with Crippen LogP contribution in [-0.2, 0) is 57.6 Å². The van der Waals surface area contributed by atoms with Crippen molar-refractivity contribution in [2.75, 3.05) is 46.9 Å². The Morgan fingerprint density at radius 3 is 2.52 bits per heavy atom. The van der Waals surface area contributed by atoms with Crippen LogP contribution in [0.3, 0.4) is 0 Å². The molecule has 5 unspecified atom stereocenters. The molecule has 4 amide bonds. The number of fused-ring (bicyclic) bond motifs is 6.